The standard InChI is InChI=1S/C11H8Cl2N2O2/c1-6-2-7(16)3-11(17)15(6)9-4-10(13)14-5-8(9)12/h2-5,16H,1H3. The van der Waals surface area contributed by atoms with Crippen molar-refractivity contribution in [1.82, 2.24) is 9.55 Å². The Balaban J connectivity index is 2.77. The third-order valence-electron chi connectivity index (χ3n) is 2.24. The Morgan fingerprint density at radius 1 is 1.29 bits per heavy atom. The summed E-state index contributed by atoms with van der Waals surface area (Å²) in [7, 11) is 0. The van der Waals surface area contributed by atoms with Crippen LogP contribution >= 0.6 is 23.2 Å². The van der Waals surface area contributed by atoms with E-state index in [1.807, 2.05) is 0 Å². The number of rotatable bonds is 1. The minimum absolute atomic E-state index is 0.0833. The van der Waals surface area contributed by atoms with Crippen LogP contribution in [0.4, 0.5) is 0 Å². The summed E-state index contributed by atoms with van der Waals surface area (Å²) in [6.45, 7) is 1.69. The fourth-order valence-corrected chi connectivity index (χ4v) is 1.91. The van der Waals surface area contributed by atoms with Crippen molar-refractivity contribution < 1.29 is 5.11 Å². The Labute approximate surface area is 107 Å². The molecule has 0 radical (unpaired) electrons. The van der Waals surface area contributed by atoms with Crippen LogP contribution in [0.2, 0.25) is 10.2 Å². The van der Waals surface area contributed by atoms with Gasteiger partial charge >= 0.3 is 0 Å². The third kappa shape index (κ3) is 2.28. The van der Waals surface area contributed by atoms with Crippen LogP contribution < -0.4 is 5.56 Å². The van der Waals surface area contributed by atoms with Gasteiger partial charge in [-0.25, -0.2) is 4.98 Å². The first-order valence-corrected chi connectivity index (χ1v) is 5.48. The molecule has 0 aliphatic heterocycles. The summed E-state index contributed by atoms with van der Waals surface area (Å²) in [6.07, 6.45) is 1.37. The monoisotopic (exact) mass is 270 g/mol. The molecule has 0 aliphatic rings. The van der Waals surface area contributed by atoms with Crippen LogP contribution in [0.3, 0.4) is 0 Å². The molecule has 0 aliphatic carbocycles. The lowest BCUT2D eigenvalue weighted by molar-refractivity contribution is 0.472. The first-order valence-electron chi connectivity index (χ1n) is 4.73. The molecule has 4 nitrogen and oxygen atoms in total. The molecule has 17 heavy (non-hydrogen) atoms. The van der Waals surface area contributed by atoms with Gasteiger partial charge in [-0.05, 0) is 13.0 Å². The average Bonchev–Trinajstić information content (AvgIpc) is 2.21. The smallest absolute Gasteiger partial charge is 0.259 e. The Morgan fingerprint density at radius 3 is 2.65 bits per heavy atom. The first kappa shape index (κ1) is 12.0. The molecule has 0 fully saturated rings. The van der Waals surface area contributed by atoms with Crippen LogP contribution in [0.5, 0.6) is 5.75 Å². The molecule has 2 rings (SSSR count). The van der Waals surface area contributed by atoms with E-state index in [4.69, 9.17) is 23.2 Å². The quantitative estimate of drug-likeness (QED) is 0.811. The van der Waals surface area contributed by atoms with Crippen LogP contribution in [0.15, 0.2) is 29.2 Å². The van der Waals surface area contributed by atoms with Gasteiger partial charge in [0, 0.05) is 24.0 Å². The molecule has 0 saturated carbocycles. The molecule has 2 aromatic heterocycles. The fourth-order valence-electron chi connectivity index (χ4n) is 1.57. The number of aromatic nitrogens is 2. The summed E-state index contributed by atoms with van der Waals surface area (Å²) < 4.78 is 1.36. The number of hydrogen-bond acceptors (Lipinski definition) is 3. The first-order chi connectivity index (χ1) is 7.99. The molecule has 0 atom stereocenters. The molecule has 2 heterocycles. The normalized spacial score (nSPS) is 10.5. The third-order valence-corrected chi connectivity index (χ3v) is 2.74. The van der Waals surface area contributed by atoms with Crippen LogP contribution in [0.25, 0.3) is 5.69 Å². The second-order valence-electron chi connectivity index (χ2n) is 3.49. The van der Waals surface area contributed by atoms with Gasteiger partial charge in [0.2, 0.25) is 0 Å². The number of halogens is 2. The summed E-state index contributed by atoms with van der Waals surface area (Å²) in [5.74, 6) is -0.0833. The lowest BCUT2D eigenvalue weighted by atomic mass is 10.3. The zero-order valence-corrected chi connectivity index (χ0v) is 10.3. The van der Waals surface area contributed by atoms with Crippen LogP contribution in [0, 0.1) is 6.92 Å². The number of hydrogen-bond donors (Lipinski definition) is 1. The number of aryl methyl sites for hydroxylation is 1. The van der Waals surface area contributed by atoms with Crippen molar-refractivity contribution in [2.24, 2.45) is 0 Å². The highest BCUT2D eigenvalue weighted by molar-refractivity contribution is 6.33. The van der Waals surface area contributed by atoms with Crippen LogP contribution in [-0.4, -0.2) is 14.7 Å². The highest BCUT2D eigenvalue weighted by atomic mass is 35.5. The van der Waals surface area contributed by atoms with Gasteiger partial charge < -0.3 is 5.11 Å². The van der Waals surface area contributed by atoms with Gasteiger partial charge in [0.15, 0.2) is 0 Å². The number of pyridine rings is 2. The Morgan fingerprint density at radius 2 is 2.00 bits per heavy atom. The Bertz CT molecular complexity index is 638. The van der Waals surface area contributed by atoms with Gasteiger partial charge in [-0.15, -0.1) is 0 Å². The van der Waals surface area contributed by atoms with Crippen LogP contribution in [0.1, 0.15) is 5.69 Å². The van der Waals surface area contributed by atoms with Crippen molar-refractivity contribution >= 4 is 23.2 Å². The van der Waals surface area contributed by atoms with E-state index >= 15 is 0 Å². The zero-order chi connectivity index (χ0) is 12.6. The fraction of sp³-hybridized carbons (Fsp3) is 0.0909. The topological polar surface area (TPSA) is 55.1 Å². The molecule has 1 N–H and O–H groups in total. The zero-order valence-electron chi connectivity index (χ0n) is 8.82. The van der Waals surface area contributed by atoms with E-state index in [-0.39, 0.29) is 16.5 Å². The second-order valence-corrected chi connectivity index (χ2v) is 4.28. The lowest BCUT2D eigenvalue weighted by Gasteiger charge is -2.11. The molecular weight excluding hydrogens is 263 g/mol. The van der Waals surface area contributed by atoms with Crippen molar-refractivity contribution in [3.63, 3.8) is 0 Å². The summed E-state index contributed by atoms with van der Waals surface area (Å²) >= 11 is 11.7. The van der Waals surface area contributed by atoms with Gasteiger partial charge in [0.05, 0.1) is 10.7 Å². The predicted octanol–water partition coefficient (Wildman–Crippen LogP) is 2.55. The van der Waals surface area contributed by atoms with E-state index in [2.05, 4.69) is 4.98 Å². The predicted molar refractivity (Wildman–Crippen MR) is 66.3 cm³/mol. The van der Waals surface area contributed by atoms with Crippen molar-refractivity contribution in [1.29, 1.82) is 0 Å². The van der Waals surface area contributed by atoms with Crippen molar-refractivity contribution in [3.05, 3.63) is 50.6 Å². The van der Waals surface area contributed by atoms with E-state index in [1.165, 1.54) is 22.9 Å². The van der Waals surface area contributed by atoms with E-state index < -0.39 is 0 Å². The summed E-state index contributed by atoms with van der Waals surface area (Å²) in [5, 5.41) is 9.85. The Hall–Kier alpha value is -1.52. The molecule has 0 saturated heterocycles. The lowest BCUT2D eigenvalue weighted by Crippen LogP contribution is -2.19. The molecule has 2 aromatic rings. The number of nitrogens with zero attached hydrogens (tertiary/aromatic N) is 2. The van der Waals surface area contributed by atoms with Gasteiger partial charge in [-0.1, -0.05) is 23.2 Å². The van der Waals surface area contributed by atoms with Crippen molar-refractivity contribution in [2.45, 2.75) is 6.92 Å². The van der Waals surface area contributed by atoms with Gasteiger partial charge in [0.1, 0.15) is 10.9 Å². The van der Waals surface area contributed by atoms with E-state index in [1.54, 1.807) is 6.92 Å². The second kappa shape index (κ2) is 4.39. The maximum absolute atomic E-state index is 11.8. The minimum atomic E-state index is -0.383. The average molecular weight is 271 g/mol. The molecular formula is C11H8Cl2N2O2. The maximum atomic E-state index is 11.8. The van der Waals surface area contributed by atoms with E-state index in [9.17, 15) is 9.90 Å². The largest absolute Gasteiger partial charge is 0.508 e. The summed E-state index contributed by atoms with van der Waals surface area (Å²) in [5.41, 5.74) is 0.611. The molecule has 0 bridgehead atoms. The van der Waals surface area contributed by atoms with Gasteiger partial charge in [0.25, 0.3) is 5.56 Å². The molecule has 0 spiro atoms. The van der Waals surface area contributed by atoms with Crippen molar-refractivity contribution in [2.75, 3.05) is 0 Å². The van der Waals surface area contributed by atoms with Gasteiger partial charge in [-0.2, -0.15) is 0 Å². The van der Waals surface area contributed by atoms with E-state index in [0.717, 1.165) is 6.07 Å². The minimum Gasteiger partial charge on any atom is -0.508 e. The van der Waals surface area contributed by atoms with Crippen LogP contribution in [-0.2, 0) is 0 Å². The highest BCUT2D eigenvalue weighted by Gasteiger charge is 2.10. The maximum Gasteiger partial charge on any atom is 0.259 e. The van der Waals surface area contributed by atoms with E-state index in [0.29, 0.717) is 16.4 Å². The van der Waals surface area contributed by atoms with Crippen molar-refractivity contribution in [3.8, 4) is 11.4 Å². The summed E-state index contributed by atoms with van der Waals surface area (Å²) in [4.78, 5) is 15.6. The Kier molecular flexibility index (Phi) is 3.09. The molecule has 0 amide bonds. The van der Waals surface area contributed by atoms with Gasteiger partial charge in [-0.3, -0.25) is 9.36 Å². The summed E-state index contributed by atoms with van der Waals surface area (Å²) in [6, 6.07) is 4.07. The highest BCUT2D eigenvalue weighted by Crippen LogP contribution is 2.23. The number of aromatic hydroxyl groups is 1. The molecule has 88 valence electrons. The molecule has 0 unspecified atom stereocenters. The molecule has 6 heteroatoms. The molecule has 0 aromatic carbocycles. The SMILES string of the molecule is Cc1cc(O)cc(=O)n1-c1cc(Cl)ncc1Cl.